The molecule has 0 saturated carbocycles. The van der Waals surface area contributed by atoms with E-state index in [-0.39, 0.29) is 11.8 Å². The zero-order valence-electron chi connectivity index (χ0n) is 11.3. The molecule has 0 bridgehead atoms. The van der Waals surface area contributed by atoms with E-state index in [0.29, 0.717) is 37.4 Å². The summed E-state index contributed by atoms with van der Waals surface area (Å²) in [5, 5.41) is 5.68. The van der Waals surface area contributed by atoms with Crippen molar-refractivity contribution in [1.29, 1.82) is 0 Å². The van der Waals surface area contributed by atoms with E-state index in [2.05, 4.69) is 35.9 Å². The van der Waals surface area contributed by atoms with Gasteiger partial charge < -0.3 is 10.6 Å². The SMILES string of the molecule is O=C(CCS)NCc1ccccc1CNC(=O)CCS. The van der Waals surface area contributed by atoms with Crippen LogP contribution < -0.4 is 10.6 Å². The molecular weight excluding hydrogens is 292 g/mol. The maximum Gasteiger partial charge on any atom is 0.221 e. The van der Waals surface area contributed by atoms with Crippen LogP contribution in [0, 0.1) is 0 Å². The molecule has 0 aliphatic heterocycles. The van der Waals surface area contributed by atoms with E-state index in [1.165, 1.54) is 0 Å². The van der Waals surface area contributed by atoms with Gasteiger partial charge in [0.1, 0.15) is 0 Å². The van der Waals surface area contributed by atoms with E-state index < -0.39 is 0 Å². The van der Waals surface area contributed by atoms with E-state index >= 15 is 0 Å². The predicted octanol–water partition coefficient (Wildman–Crippen LogP) is 1.56. The van der Waals surface area contributed by atoms with Crippen LogP contribution in [0.5, 0.6) is 0 Å². The summed E-state index contributed by atoms with van der Waals surface area (Å²) < 4.78 is 0. The summed E-state index contributed by atoms with van der Waals surface area (Å²) in [6, 6.07) is 7.72. The van der Waals surface area contributed by atoms with Crippen molar-refractivity contribution in [3.8, 4) is 0 Å². The van der Waals surface area contributed by atoms with Crippen molar-refractivity contribution in [1.82, 2.24) is 10.6 Å². The average molecular weight is 312 g/mol. The van der Waals surface area contributed by atoms with Crippen molar-refractivity contribution < 1.29 is 9.59 Å². The van der Waals surface area contributed by atoms with Gasteiger partial charge in [-0.2, -0.15) is 25.3 Å². The molecule has 1 aromatic carbocycles. The Balaban J connectivity index is 2.54. The first-order chi connectivity index (χ1) is 9.67. The standard InChI is InChI=1S/C14H20N2O2S2/c17-13(5-7-19)15-9-11-3-1-2-4-12(11)10-16-14(18)6-8-20/h1-4,19-20H,5-10H2,(H,15,17)(H,16,18). The first-order valence-corrected chi connectivity index (χ1v) is 7.75. The Kier molecular flexibility index (Phi) is 8.22. The molecule has 6 heteroatoms. The van der Waals surface area contributed by atoms with Gasteiger partial charge in [-0.05, 0) is 22.6 Å². The minimum atomic E-state index is -0.0195. The number of thiol groups is 2. The maximum absolute atomic E-state index is 11.4. The molecule has 0 radical (unpaired) electrons. The molecule has 0 fully saturated rings. The Morgan fingerprint density at radius 2 is 1.25 bits per heavy atom. The molecule has 0 heterocycles. The largest absolute Gasteiger partial charge is 0.352 e. The number of hydrogen-bond acceptors (Lipinski definition) is 4. The lowest BCUT2D eigenvalue weighted by atomic mass is 10.1. The van der Waals surface area contributed by atoms with Crippen LogP contribution in [0.3, 0.4) is 0 Å². The second kappa shape index (κ2) is 9.72. The molecule has 0 spiro atoms. The molecule has 20 heavy (non-hydrogen) atoms. The molecule has 0 aliphatic carbocycles. The molecule has 1 aromatic rings. The second-order valence-corrected chi connectivity index (χ2v) is 5.16. The summed E-state index contributed by atoms with van der Waals surface area (Å²) >= 11 is 8.04. The highest BCUT2D eigenvalue weighted by Gasteiger charge is 2.06. The van der Waals surface area contributed by atoms with Gasteiger partial charge in [0.2, 0.25) is 11.8 Å². The summed E-state index contributed by atoms with van der Waals surface area (Å²) in [6.45, 7) is 0.927. The van der Waals surface area contributed by atoms with Crippen molar-refractivity contribution >= 4 is 37.1 Å². The summed E-state index contributed by atoms with van der Waals surface area (Å²) in [7, 11) is 0. The van der Waals surface area contributed by atoms with Crippen molar-refractivity contribution in [3.05, 3.63) is 35.4 Å². The molecule has 0 saturated heterocycles. The fourth-order valence-electron chi connectivity index (χ4n) is 1.67. The minimum Gasteiger partial charge on any atom is -0.352 e. The molecular formula is C14H20N2O2S2. The van der Waals surface area contributed by atoms with Crippen LogP contribution in [0.1, 0.15) is 24.0 Å². The van der Waals surface area contributed by atoms with Gasteiger partial charge in [-0.1, -0.05) is 24.3 Å². The highest BCUT2D eigenvalue weighted by molar-refractivity contribution is 7.80. The van der Waals surface area contributed by atoms with Gasteiger partial charge in [0.15, 0.2) is 0 Å². The normalized spacial score (nSPS) is 10.1. The smallest absolute Gasteiger partial charge is 0.221 e. The van der Waals surface area contributed by atoms with E-state index in [0.717, 1.165) is 11.1 Å². The zero-order valence-corrected chi connectivity index (χ0v) is 13.1. The number of hydrogen-bond donors (Lipinski definition) is 4. The van der Waals surface area contributed by atoms with Gasteiger partial charge in [-0.15, -0.1) is 0 Å². The number of benzene rings is 1. The van der Waals surface area contributed by atoms with Crippen LogP contribution >= 0.6 is 25.3 Å². The average Bonchev–Trinajstić information content (AvgIpc) is 2.44. The van der Waals surface area contributed by atoms with Gasteiger partial charge in [0.05, 0.1) is 0 Å². The minimum absolute atomic E-state index is 0.0195. The van der Waals surface area contributed by atoms with E-state index in [1.54, 1.807) is 0 Å². The van der Waals surface area contributed by atoms with Gasteiger partial charge in [0.25, 0.3) is 0 Å². The van der Waals surface area contributed by atoms with E-state index in [1.807, 2.05) is 24.3 Å². The Morgan fingerprint density at radius 1 is 0.850 bits per heavy atom. The summed E-state index contributed by atoms with van der Waals surface area (Å²) in [4.78, 5) is 22.9. The Labute approximate surface area is 130 Å². The summed E-state index contributed by atoms with van der Waals surface area (Å²) in [5.41, 5.74) is 2.01. The lowest BCUT2D eigenvalue weighted by Gasteiger charge is -2.11. The molecule has 4 nitrogen and oxygen atoms in total. The van der Waals surface area contributed by atoms with Crippen LogP contribution in [-0.4, -0.2) is 23.3 Å². The molecule has 2 amide bonds. The topological polar surface area (TPSA) is 58.2 Å². The Hall–Kier alpha value is -1.14. The first kappa shape index (κ1) is 16.9. The molecule has 110 valence electrons. The predicted molar refractivity (Wildman–Crippen MR) is 87.1 cm³/mol. The van der Waals surface area contributed by atoms with Gasteiger partial charge in [-0.25, -0.2) is 0 Å². The Bertz CT molecular complexity index is 412. The summed E-state index contributed by atoms with van der Waals surface area (Å²) in [5.74, 6) is 1.03. The molecule has 0 aliphatic rings. The third-order valence-electron chi connectivity index (χ3n) is 2.75. The van der Waals surface area contributed by atoms with Gasteiger partial charge in [0, 0.05) is 25.9 Å². The number of rotatable bonds is 8. The fourth-order valence-corrected chi connectivity index (χ4v) is 2.08. The zero-order chi connectivity index (χ0) is 14.8. The lowest BCUT2D eigenvalue weighted by Crippen LogP contribution is -2.26. The summed E-state index contributed by atoms with van der Waals surface area (Å²) in [6.07, 6.45) is 0.813. The number of carbonyl (C=O) groups excluding carboxylic acids is 2. The third-order valence-corrected chi connectivity index (χ3v) is 3.20. The number of nitrogens with one attached hydrogen (secondary N) is 2. The fraction of sp³-hybridized carbons (Fsp3) is 0.429. The van der Waals surface area contributed by atoms with E-state index in [9.17, 15) is 9.59 Å². The quantitative estimate of drug-likeness (QED) is 0.551. The number of carbonyl (C=O) groups is 2. The van der Waals surface area contributed by atoms with Crippen molar-refractivity contribution in [2.45, 2.75) is 25.9 Å². The van der Waals surface area contributed by atoms with Crippen molar-refractivity contribution in [2.75, 3.05) is 11.5 Å². The van der Waals surface area contributed by atoms with Crippen molar-refractivity contribution in [3.63, 3.8) is 0 Å². The third kappa shape index (κ3) is 6.34. The van der Waals surface area contributed by atoms with Crippen LogP contribution in [0.15, 0.2) is 24.3 Å². The maximum atomic E-state index is 11.4. The molecule has 0 aromatic heterocycles. The van der Waals surface area contributed by atoms with Crippen molar-refractivity contribution in [2.24, 2.45) is 0 Å². The van der Waals surface area contributed by atoms with Crippen LogP contribution in [-0.2, 0) is 22.7 Å². The lowest BCUT2D eigenvalue weighted by molar-refractivity contribution is -0.121. The van der Waals surface area contributed by atoms with E-state index in [4.69, 9.17) is 0 Å². The van der Waals surface area contributed by atoms with Crippen LogP contribution in [0.25, 0.3) is 0 Å². The number of amides is 2. The first-order valence-electron chi connectivity index (χ1n) is 6.49. The van der Waals surface area contributed by atoms with Crippen LogP contribution in [0.2, 0.25) is 0 Å². The highest BCUT2D eigenvalue weighted by Crippen LogP contribution is 2.08. The molecule has 0 atom stereocenters. The molecule has 1 rings (SSSR count). The molecule has 2 N–H and O–H groups in total. The van der Waals surface area contributed by atoms with Crippen LogP contribution in [0.4, 0.5) is 0 Å². The Morgan fingerprint density at radius 3 is 1.60 bits per heavy atom. The van der Waals surface area contributed by atoms with Gasteiger partial charge in [-0.3, -0.25) is 9.59 Å². The van der Waals surface area contributed by atoms with Gasteiger partial charge >= 0.3 is 0 Å². The second-order valence-electron chi connectivity index (χ2n) is 4.27. The monoisotopic (exact) mass is 312 g/mol. The molecule has 0 unspecified atom stereocenters. The highest BCUT2D eigenvalue weighted by atomic mass is 32.1.